The zero-order chi connectivity index (χ0) is 9.54. The first kappa shape index (κ1) is 7.68. The number of hydrogen-bond acceptors (Lipinski definition) is 1. The van der Waals surface area contributed by atoms with E-state index in [1.807, 2.05) is 18.2 Å². The Balaban J connectivity index is 2.51. The highest BCUT2D eigenvalue weighted by Gasteiger charge is 2.08. The first-order valence-corrected chi connectivity index (χ1v) is 4.86. The largest absolute Gasteiger partial charge is 0.440 e. The summed E-state index contributed by atoms with van der Waals surface area (Å²) < 4.78 is 7.90. The summed E-state index contributed by atoms with van der Waals surface area (Å²) in [5, 5.41) is 2.41. The maximum absolute atomic E-state index is 5.78. The van der Waals surface area contributed by atoms with E-state index in [0.717, 1.165) is 17.8 Å². The van der Waals surface area contributed by atoms with Crippen LogP contribution in [-0.2, 0) is 6.54 Å². The van der Waals surface area contributed by atoms with Gasteiger partial charge >= 0.3 is 0 Å². The van der Waals surface area contributed by atoms with Gasteiger partial charge in [0.2, 0.25) is 5.71 Å². The number of hydrogen-bond donors (Lipinski definition) is 0. The van der Waals surface area contributed by atoms with E-state index in [2.05, 4.69) is 29.8 Å². The monoisotopic (exact) mass is 185 g/mol. The highest BCUT2D eigenvalue weighted by molar-refractivity contribution is 6.03. The van der Waals surface area contributed by atoms with E-state index in [4.69, 9.17) is 4.42 Å². The first-order valence-electron chi connectivity index (χ1n) is 4.86. The van der Waals surface area contributed by atoms with Crippen molar-refractivity contribution >= 4 is 22.1 Å². The van der Waals surface area contributed by atoms with Crippen LogP contribution in [0.4, 0.5) is 0 Å². The molecule has 3 aromatic rings. The van der Waals surface area contributed by atoms with Crippen molar-refractivity contribution in [1.29, 1.82) is 0 Å². The fourth-order valence-electron chi connectivity index (χ4n) is 1.91. The van der Waals surface area contributed by atoms with E-state index < -0.39 is 0 Å². The maximum Gasteiger partial charge on any atom is 0.208 e. The molecule has 0 amide bonds. The van der Waals surface area contributed by atoms with Crippen LogP contribution in [0.25, 0.3) is 22.1 Å². The van der Waals surface area contributed by atoms with Gasteiger partial charge in [-0.25, -0.2) is 0 Å². The van der Waals surface area contributed by atoms with Crippen LogP contribution in [0.5, 0.6) is 0 Å². The molecule has 0 aliphatic carbocycles. The van der Waals surface area contributed by atoms with Crippen molar-refractivity contribution in [1.82, 2.24) is 4.57 Å². The molecule has 3 rings (SSSR count). The van der Waals surface area contributed by atoms with Gasteiger partial charge < -0.3 is 8.98 Å². The normalized spacial score (nSPS) is 11.5. The van der Waals surface area contributed by atoms with Crippen LogP contribution >= 0.6 is 0 Å². The highest BCUT2D eigenvalue weighted by atomic mass is 16.3. The fourth-order valence-corrected chi connectivity index (χ4v) is 1.91. The highest BCUT2D eigenvalue weighted by Crippen LogP contribution is 2.28. The average Bonchev–Trinajstić information content (AvgIpc) is 2.75. The predicted molar refractivity (Wildman–Crippen MR) is 57.4 cm³/mol. The molecule has 0 unspecified atom stereocenters. The van der Waals surface area contributed by atoms with Crippen LogP contribution in [0, 0.1) is 0 Å². The number of fused-ring (bicyclic) bond motifs is 3. The topological polar surface area (TPSA) is 18.1 Å². The Morgan fingerprint density at radius 1 is 1.14 bits per heavy atom. The van der Waals surface area contributed by atoms with E-state index >= 15 is 0 Å². The van der Waals surface area contributed by atoms with Gasteiger partial charge in [0.1, 0.15) is 5.58 Å². The van der Waals surface area contributed by atoms with E-state index in [9.17, 15) is 0 Å². The summed E-state index contributed by atoms with van der Waals surface area (Å²) in [6.07, 6.45) is 2.07. The lowest BCUT2D eigenvalue weighted by atomic mass is 10.2. The molecule has 2 heteroatoms. The van der Waals surface area contributed by atoms with Gasteiger partial charge in [0.15, 0.2) is 0 Å². The van der Waals surface area contributed by atoms with E-state index in [-0.39, 0.29) is 0 Å². The van der Waals surface area contributed by atoms with E-state index in [0.29, 0.717) is 0 Å². The van der Waals surface area contributed by atoms with Crippen molar-refractivity contribution in [3.63, 3.8) is 0 Å². The molecule has 0 saturated heterocycles. The number of furan rings is 1. The lowest BCUT2D eigenvalue weighted by molar-refractivity contribution is 0.610. The summed E-state index contributed by atoms with van der Waals surface area (Å²) in [4.78, 5) is 0. The summed E-state index contributed by atoms with van der Waals surface area (Å²) in [5.41, 5.74) is 1.95. The number of rotatable bonds is 1. The van der Waals surface area contributed by atoms with Gasteiger partial charge in [-0.1, -0.05) is 18.2 Å². The summed E-state index contributed by atoms with van der Waals surface area (Å²) in [6.45, 7) is 3.07. The first-order chi connectivity index (χ1) is 6.90. The summed E-state index contributed by atoms with van der Waals surface area (Å²) in [6, 6.07) is 10.3. The lowest BCUT2D eigenvalue weighted by Crippen LogP contribution is -1.88. The third kappa shape index (κ3) is 0.854. The van der Waals surface area contributed by atoms with Crippen LogP contribution in [0.2, 0.25) is 0 Å². The van der Waals surface area contributed by atoms with Crippen LogP contribution in [0.1, 0.15) is 6.92 Å². The molecule has 0 atom stereocenters. The van der Waals surface area contributed by atoms with Crippen molar-refractivity contribution in [3.05, 3.63) is 36.5 Å². The molecule has 70 valence electrons. The second kappa shape index (κ2) is 2.64. The summed E-state index contributed by atoms with van der Waals surface area (Å²) >= 11 is 0. The Kier molecular flexibility index (Phi) is 1.45. The van der Waals surface area contributed by atoms with Gasteiger partial charge in [-0.15, -0.1) is 0 Å². The molecule has 0 radical (unpaired) electrons. The Bertz CT molecular complexity index is 588. The minimum absolute atomic E-state index is 0.948. The molecule has 2 nitrogen and oxygen atoms in total. The SMILES string of the molecule is CCn1ccc2c3ccccc3oc21. The molecule has 0 spiro atoms. The molecular formula is C12H11NO. The molecule has 14 heavy (non-hydrogen) atoms. The third-order valence-corrected chi connectivity index (χ3v) is 2.64. The van der Waals surface area contributed by atoms with Gasteiger partial charge in [-0.2, -0.15) is 0 Å². The Morgan fingerprint density at radius 2 is 2.00 bits per heavy atom. The minimum Gasteiger partial charge on any atom is -0.440 e. The summed E-state index contributed by atoms with van der Waals surface area (Å²) in [5.74, 6) is 0. The van der Waals surface area contributed by atoms with Gasteiger partial charge in [-0.05, 0) is 19.1 Å². The number of aromatic nitrogens is 1. The van der Waals surface area contributed by atoms with Crippen molar-refractivity contribution in [2.45, 2.75) is 13.5 Å². The summed E-state index contributed by atoms with van der Waals surface area (Å²) in [7, 11) is 0. The number of aryl methyl sites for hydroxylation is 1. The molecule has 0 aliphatic heterocycles. The van der Waals surface area contributed by atoms with E-state index in [1.165, 1.54) is 10.8 Å². The molecule has 2 heterocycles. The quantitative estimate of drug-likeness (QED) is 0.568. The van der Waals surface area contributed by atoms with Crippen molar-refractivity contribution in [2.24, 2.45) is 0 Å². The fraction of sp³-hybridized carbons (Fsp3) is 0.167. The number of benzene rings is 1. The van der Waals surface area contributed by atoms with Crippen LogP contribution in [0.15, 0.2) is 40.9 Å². The zero-order valence-corrected chi connectivity index (χ0v) is 8.03. The Labute approximate surface area is 81.7 Å². The second-order valence-electron chi connectivity index (χ2n) is 3.42. The third-order valence-electron chi connectivity index (χ3n) is 2.64. The standard InChI is InChI=1S/C12H11NO/c1-2-13-8-7-10-9-5-3-4-6-11(9)14-12(10)13/h3-8H,2H2,1H3. The molecular weight excluding hydrogens is 174 g/mol. The molecule has 0 N–H and O–H groups in total. The molecule has 0 bridgehead atoms. The van der Waals surface area contributed by atoms with Crippen LogP contribution < -0.4 is 0 Å². The lowest BCUT2D eigenvalue weighted by Gasteiger charge is -1.93. The number of nitrogens with zero attached hydrogens (tertiary/aromatic N) is 1. The minimum atomic E-state index is 0.948. The van der Waals surface area contributed by atoms with Gasteiger partial charge in [-0.3, -0.25) is 0 Å². The molecule has 1 aromatic carbocycles. The van der Waals surface area contributed by atoms with Gasteiger partial charge in [0.05, 0.1) is 0 Å². The molecule has 2 aromatic heterocycles. The van der Waals surface area contributed by atoms with Crippen LogP contribution in [-0.4, -0.2) is 4.57 Å². The second-order valence-corrected chi connectivity index (χ2v) is 3.42. The molecule has 0 aliphatic rings. The maximum atomic E-state index is 5.78. The van der Waals surface area contributed by atoms with Crippen molar-refractivity contribution in [2.75, 3.05) is 0 Å². The Hall–Kier alpha value is -1.70. The van der Waals surface area contributed by atoms with Crippen molar-refractivity contribution in [3.8, 4) is 0 Å². The van der Waals surface area contributed by atoms with Gasteiger partial charge in [0, 0.05) is 23.5 Å². The zero-order valence-electron chi connectivity index (χ0n) is 8.03. The van der Waals surface area contributed by atoms with Crippen molar-refractivity contribution < 1.29 is 4.42 Å². The van der Waals surface area contributed by atoms with Crippen LogP contribution in [0.3, 0.4) is 0 Å². The molecule has 0 saturated carbocycles. The molecule has 0 fully saturated rings. The van der Waals surface area contributed by atoms with Gasteiger partial charge in [0.25, 0.3) is 0 Å². The predicted octanol–water partition coefficient (Wildman–Crippen LogP) is 3.41. The average molecular weight is 185 g/mol. The Morgan fingerprint density at radius 3 is 2.86 bits per heavy atom. The van der Waals surface area contributed by atoms with E-state index in [1.54, 1.807) is 0 Å². The number of para-hydroxylation sites is 1. The smallest absolute Gasteiger partial charge is 0.208 e.